The monoisotopic (exact) mass is 259 g/mol. The van der Waals surface area contributed by atoms with Gasteiger partial charge < -0.3 is 11.1 Å². The maximum Gasteiger partial charge on any atom is 0.273 e. The fourth-order valence-corrected chi connectivity index (χ4v) is 1.70. The van der Waals surface area contributed by atoms with Crippen LogP contribution < -0.4 is 11.1 Å². The smallest absolute Gasteiger partial charge is 0.273 e. The summed E-state index contributed by atoms with van der Waals surface area (Å²) >= 11 is 0. The summed E-state index contributed by atoms with van der Waals surface area (Å²) < 4.78 is 1.56. The normalized spacial score (nSPS) is 10.4. The molecule has 0 bridgehead atoms. The summed E-state index contributed by atoms with van der Waals surface area (Å²) in [7, 11) is 0. The maximum atomic E-state index is 11.8. The molecule has 0 saturated carbocycles. The number of aromatic nitrogens is 3. The van der Waals surface area contributed by atoms with E-state index in [-0.39, 0.29) is 5.91 Å². The first kappa shape index (κ1) is 13.2. The fourth-order valence-electron chi connectivity index (χ4n) is 1.70. The van der Waals surface area contributed by atoms with Gasteiger partial charge in [0.2, 0.25) is 0 Å². The lowest BCUT2D eigenvalue weighted by Crippen LogP contribution is -2.26. The van der Waals surface area contributed by atoms with Gasteiger partial charge in [0.25, 0.3) is 5.91 Å². The van der Waals surface area contributed by atoms with Crippen molar-refractivity contribution in [3.05, 3.63) is 47.8 Å². The molecule has 1 aromatic carbocycles. The Labute approximate surface area is 111 Å². The summed E-state index contributed by atoms with van der Waals surface area (Å²) in [5.41, 5.74) is 6.91. The molecule has 0 saturated heterocycles. The van der Waals surface area contributed by atoms with E-state index in [1.54, 1.807) is 10.9 Å². The van der Waals surface area contributed by atoms with Gasteiger partial charge in [-0.3, -0.25) is 9.48 Å². The summed E-state index contributed by atoms with van der Waals surface area (Å²) in [5, 5.41) is 10.4. The maximum absolute atomic E-state index is 11.8. The second-order valence-electron chi connectivity index (χ2n) is 4.15. The van der Waals surface area contributed by atoms with Crippen LogP contribution in [0.1, 0.15) is 16.1 Å². The molecule has 0 spiro atoms. The van der Waals surface area contributed by atoms with Gasteiger partial charge in [0.15, 0.2) is 5.69 Å². The van der Waals surface area contributed by atoms with E-state index in [4.69, 9.17) is 5.73 Å². The van der Waals surface area contributed by atoms with E-state index in [0.29, 0.717) is 25.3 Å². The molecule has 0 aliphatic rings. The number of nitrogens with two attached hydrogens (primary N) is 1. The van der Waals surface area contributed by atoms with E-state index in [2.05, 4.69) is 15.6 Å². The molecule has 1 amide bonds. The summed E-state index contributed by atoms with van der Waals surface area (Å²) in [5.74, 6) is -0.209. The summed E-state index contributed by atoms with van der Waals surface area (Å²) in [6.45, 7) is 1.61. The van der Waals surface area contributed by atoms with Crippen LogP contribution in [0.3, 0.4) is 0 Å². The molecular formula is C13H17N5O. The van der Waals surface area contributed by atoms with Gasteiger partial charge in [0.1, 0.15) is 0 Å². The Hall–Kier alpha value is -2.21. The predicted molar refractivity (Wildman–Crippen MR) is 71.6 cm³/mol. The Morgan fingerprint density at radius 1 is 1.32 bits per heavy atom. The van der Waals surface area contributed by atoms with Crippen molar-refractivity contribution in [3.8, 4) is 0 Å². The zero-order valence-corrected chi connectivity index (χ0v) is 10.6. The highest BCUT2D eigenvalue weighted by Gasteiger charge is 2.09. The number of amides is 1. The lowest BCUT2D eigenvalue weighted by Gasteiger charge is -2.02. The summed E-state index contributed by atoms with van der Waals surface area (Å²) in [4.78, 5) is 11.8. The number of hydrogen-bond acceptors (Lipinski definition) is 4. The number of carbonyl (C=O) groups excluding carboxylic acids is 1. The van der Waals surface area contributed by atoms with Crippen LogP contribution in [-0.2, 0) is 13.0 Å². The first-order valence-corrected chi connectivity index (χ1v) is 6.22. The molecule has 0 aliphatic heterocycles. The van der Waals surface area contributed by atoms with E-state index in [0.717, 1.165) is 6.42 Å². The molecule has 2 aromatic rings. The second kappa shape index (κ2) is 6.65. The Balaban J connectivity index is 1.80. The van der Waals surface area contributed by atoms with E-state index >= 15 is 0 Å². The minimum atomic E-state index is -0.209. The van der Waals surface area contributed by atoms with Gasteiger partial charge in [-0.25, -0.2) is 0 Å². The molecule has 1 heterocycles. The third kappa shape index (κ3) is 3.89. The van der Waals surface area contributed by atoms with Crippen molar-refractivity contribution in [1.82, 2.24) is 20.3 Å². The van der Waals surface area contributed by atoms with Crippen LogP contribution >= 0.6 is 0 Å². The zero-order chi connectivity index (χ0) is 13.5. The quantitative estimate of drug-likeness (QED) is 0.776. The molecule has 19 heavy (non-hydrogen) atoms. The Kier molecular flexibility index (Phi) is 4.63. The average molecular weight is 259 g/mol. The van der Waals surface area contributed by atoms with E-state index in [9.17, 15) is 4.79 Å². The van der Waals surface area contributed by atoms with Crippen molar-refractivity contribution >= 4 is 5.91 Å². The topological polar surface area (TPSA) is 85.8 Å². The Bertz CT molecular complexity index is 523. The first-order chi connectivity index (χ1) is 9.29. The van der Waals surface area contributed by atoms with Crippen molar-refractivity contribution in [3.63, 3.8) is 0 Å². The highest BCUT2D eigenvalue weighted by Crippen LogP contribution is 1.99. The molecule has 0 aliphatic carbocycles. The predicted octanol–water partition coefficient (Wildman–Crippen LogP) is 0.209. The third-order valence-corrected chi connectivity index (χ3v) is 2.67. The number of rotatable bonds is 6. The summed E-state index contributed by atoms with van der Waals surface area (Å²) in [6, 6.07) is 10.00. The lowest BCUT2D eigenvalue weighted by atomic mass is 10.1. The van der Waals surface area contributed by atoms with Crippen molar-refractivity contribution in [1.29, 1.82) is 0 Å². The molecule has 100 valence electrons. The van der Waals surface area contributed by atoms with Crippen LogP contribution in [0.2, 0.25) is 0 Å². The highest BCUT2D eigenvalue weighted by molar-refractivity contribution is 5.91. The van der Waals surface area contributed by atoms with Crippen molar-refractivity contribution < 1.29 is 4.79 Å². The van der Waals surface area contributed by atoms with Crippen LogP contribution in [0, 0.1) is 0 Å². The van der Waals surface area contributed by atoms with Crippen molar-refractivity contribution in [2.24, 2.45) is 5.73 Å². The number of nitrogens with zero attached hydrogens (tertiary/aromatic N) is 3. The van der Waals surface area contributed by atoms with E-state index < -0.39 is 0 Å². The molecule has 0 unspecified atom stereocenters. The fraction of sp³-hybridized carbons (Fsp3) is 0.308. The molecular weight excluding hydrogens is 242 g/mol. The molecule has 2 rings (SSSR count). The Morgan fingerprint density at radius 2 is 2.11 bits per heavy atom. The highest BCUT2D eigenvalue weighted by atomic mass is 16.2. The number of carbonyl (C=O) groups is 1. The van der Waals surface area contributed by atoms with Gasteiger partial charge in [0, 0.05) is 13.1 Å². The second-order valence-corrected chi connectivity index (χ2v) is 4.15. The molecule has 0 atom stereocenters. The minimum absolute atomic E-state index is 0.209. The average Bonchev–Trinajstić information content (AvgIpc) is 2.89. The summed E-state index contributed by atoms with van der Waals surface area (Å²) in [6.07, 6.45) is 2.40. The molecule has 1 aromatic heterocycles. The van der Waals surface area contributed by atoms with Gasteiger partial charge in [-0.2, -0.15) is 0 Å². The third-order valence-electron chi connectivity index (χ3n) is 2.67. The lowest BCUT2D eigenvalue weighted by molar-refractivity contribution is 0.0949. The Morgan fingerprint density at radius 3 is 2.84 bits per heavy atom. The number of nitrogens with one attached hydrogen (secondary N) is 1. The SMILES string of the molecule is NCCn1cc(C(=O)NCCc2ccccc2)nn1. The van der Waals surface area contributed by atoms with Gasteiger partial charge in [-0.1, -0.05) is 35.5 Å². The van der Waals surface area contributed by atoms with E-state index in [1.165, 1.54) is 5.56 Å². The number of benzene rings is 1. The van der Waals surface area contributed by atoms with Gasteiger partial charge >= 0.3 is 0 Å². The van der Waals surface area contributed by atoms with Gasteiger partial charge in [0.05, 0.1) is 12.7 Å². The van der Waals surface area contributed by atoms with Crippen LogP contribution in [0.5, 0.6) is 0 Å². The minimum Gasteiger partial charge on any atom is -0.350 e. The zero-order valence-electron chi connectivity index (χ0n) is 10.6. The van der Waals surface area contributed by atoms with Crippen LogP contribution in [0.4, 0.5) is 0 Å². The molecule has 6 heteroatoms. The van der Waals surface area contributed by atoms with Gasteiger partial charge in [-0.05, 0) is 12.0 Å². The van der Waals surface area contributed by atoms with Crippen LogP contribution in [0.25, 0.3) is 0 Å². The van der Waals surface area contributed by atoms with Crippen LogP contribution in [-0.4, -0.2) is 34.0 Å². The van der Waals surface area contributed by atoms with E-state index in [1.807, 2.05) is 30.3 Å². The number of hydrogen-bond donors (Lipinski definition) is 2. The molecule has 3 N–H and O–H groups in total. The first-order valence-electron chi connectivity index (χ1n) is 6.22. The molecule has 0 fully saturated rings. The van der Waals surface area contributed by atoms with Crippen molar-refractivity contribution in [2.75, 3.05) is 13.1 Å². The molecule has 0 radical (unpaired) electrons. The largest absolute Gasteiger partial charge is 0.350 e. The van der Waals surface area contributed by atoms with Gasteiger partial charge in [-0.15, -0.1) is 5.10 Å². The van der Waals surface area contributed by atoms with Crippen molar-refractivity contribution in [2.45, 2.75) is 13.0 Å². The van der Waals surface area contributed by atoms with Crippen LogP contribution in [0.15, 0.2) is 36.5 Å². The molecule has 6 nitrogen and oxygen atoms in total. The standard InChI is InChI=1S/C13H17N5O/c14-7-9-18-10-12(16-17-18)13(19)15-8-6-11-4-2-1-3-5-11/h1-5,10H,6-9,14H2,(H,15,19).